The molecular weight excluding hydrogens is 230 g/mol. The molecule has 1 fully saturated rings. The minimum absolute atomic E-state index is 0.127. The predicted molar refractivity (Wildman–Crippen MR) is 69.6 cm³/mol. The van der Waals surface area contributed by atoms with Crippen LogP contribution in [0.4, 0.5) is 11.4 Å². The number of nitrogens with one attached hydrogen (secondary N) is 1. The Morgan fingerprint density at radius 3 is 2.83 bits per heavy atom. The Morgan fingerprint density at radius 2 is 2.17 bits per heavy atom. The van der Waals surface area contributed by atoms with Crippen LogP contribution in [0.2, 0.25) is 0 Å². The number of anilines is 1. The summed E-state index contributed by atoms with van der Waals surface area (Å²) >= 11 is 0. The van der Waals surface area contributed by atoms with Gasteiger partial charge in [-0.25, -0.2) is 0 Å². The van der Waals surface area contributed by atoms with E-state index in [9.17, 15) is 10.1 Å². The smallest absolute Gasteiger partial charge is 0.277 e. The number of nitro groups is 1. The Labute approximate surface area is 104 Å². The second-order valence-corrected chi connectivity index (χ2v) is 4.77. The van der Waals surface area contributed by atoms with Gasteiger partial charge in [-0.15, -0.1) is 0 Å². The molecule has 5 nitrogen and oxygen atoms in total. The Morgan fingerprint density at radius 1 is 1.39 bits per heavy atom. The number of pyridine rings is 1. The van der Waals surface area contributed by atoms with Crippen LogP contribution < -0.4 is 5.32 Å². The molecule has 92 valence electrons. The molecule has 2 unspecified atom stereocenters. The number of rotatable bonds is 3. The Balaban J connectivity index is 2.10. The third-order valence-corrected chi connectivity index (χ3v) is 3.44. The number of hydrogen-bond donors (Lipinski definition) is 1. The van der Waals surface area contributed by atoms with Gasteiger partial charge in [0.1, 0.15) is 0 Å². The molecule has 1 N–H and O–H groups in total. The Bertz CT molecular complexity index is 627. The first-order valence-electron chi connectivity index (χ1n) is 5.94. The van der Waals surface area contributed by atoms with Gasteiger partial charge in [-0.2, -0.15) is 0 Å². The Kier molecular flexibility index (Phi) is 2.40. The fourth-order valence-electron chi connectivity index (χ4n) is 2.18. The summed E-state index contributed by atoms with van der Waals surface area (Å²) in [4.78, 5) is 14.7. The van der Waals surface area contributed by atoms with Crippen molar-refractivity contribution in [3.63, 3.8) is 0 Å². The lowest BCUT2D eigenvalue weighted by Gasteiger charge is -2.09. The summed E-state index contributed by atoms with van der Waals surface area (Å²) in [6, 6.07) is 5.50. The van der Waals surface area contributed by atoms with E-state index in [0.717, 1.165) is 17.5 Å². The molecule has 0 saturated heterocycles. The van der Waals surface area contributed by atoms with Crippen LogP contribution in [0.1, 0.15) is 13.3 Å². The van der Waals surface area contributed by atoms with Crippen molar-refractivity contribution in [2.45, 2.75) is 19.4 Å². The minimum Gasteiger partial charge on any atom is -0.381 e. The van der Waals surface area contributed by atoms with Crippen molar-refractivity contribution in [1.29, 1.82) is 0 Å². The second kappa shape index (κ2) is 3.94. The Hall–Kier alpha value is -2.17. The van der Waals surface area contributed by atoms with Crippen LogP contribution in [0.15, 0.2) is 30.6 Å². The molecule has 1 aromatic heterocycles. The average molecular weight is 243 g/mol. The van der Waals surface area contributed by atoms with Gasteiger partial charge in [0.05, 0.1) is 10.3 Å². The van der Waals surface area contributed by atoms with Gasteiger partial charge in [0, 0.05) is 35.6 Å². The van der Waals surface area contributed by atoms with E-state index in [0.29, 0.717) is 17.3 Å². The topological polar surface area (TPSA) is 68.1 Å². The molecule has 1 aliphatic carbocycles. The molecule has 0 bridgehead atoms. The van der Waals surface area contributed by atoms with Crippen molar-refractivity contribution in [3.8, 4) is 0 Å². The highest BCUT2D eigenvalue weighted by Gasteiger charge is 2.32. The van der Waals surface area contributed by atoms with Gasteiger partial charge in [-0.05, 0) is 24.5 Å². The third-order valence-electron chi connectivity index (χ3n) is 3.44. The van der Waals surface area contributed by atoms with Gasteiger partial charge in [0.25, 0.3) is 5.69 Å². The molecule has 2 aromatic rings. The van der Waals surface area contributed by atoms with Crippen LogP contribution in [0.3, 0.4) is 0 Å². The molecule has 1 aliphatic rings. The lowest BCUT2D eigenvalue weighted by molar-refractivity contribution is -0.383. The van der Waals surface area contributed by atoms with Crippen LogP contribution in [0, 0.1) is 16.0 Å². The first kappa shape index (κ1) is 11.0. The molecule has 1 saturated carbocycles. The van der Waals surface area contributed by atoms with Crippen molar-refractivity contribution in [1.82, 2.24) is 4.98 Å². The summed E-state index contributed by atoms with van der Waals surface area (Å²) in [6.07, 6.45) is 4.41. The van der Waals surface area contributed by atoms with E-state index in [-0.39, 0.29) is 10.6 Å². The summed E-state index contributed by atoms with van der Waals surface area (Å²) in [6.45, 7) is 2.18. The van der Waals surface area contributed by atoms with E-state index in [1.54, 1.807) is 30.6 Å². The fourth-order valence-corrected chi connectivity index (χ4v) is 2.18. The molecule has 1 aromatic carbocycles. The number of nitrogens with zero attached hydrogens (tertiary/aromatic N) is 2. The van der Waals surface area contributed by atoms with Crippen LogP contribution in [-0.2, 0) is 0 Å². The monoisotopic (exact) mass is 243 g/mol. The van der Waals surface area contributed by atoms with E-state index in [1.807, 2.05) is 0 Å². The zero-order chi connectivity index (χ0) is 12.7. The second-order valence-electron chi connectivity index (χ2n) is 4.77. The quantitative estimate of drug-likeness (QED) is 0.664. The number of fused-ring (bicyclic) bond motifs is 1. The number of aromatic nitrogens is 1. The zero-order valence-corrected chi connectivity index (χ0v) is 9.96. The van der Waals surface area contributed by atoms with Crippen LogP contribution in [-0.4, -0.2) is 15.9 Å². The molecule has 3 rings (SSSR count). The van der Waals surface area contributed by atoms with Crippen LogP contribution >= 0.6 is 0 Å². The zero-order valence-electron chi connectivity index (χ0n) is 9.96. The molecule has 1 heterocycles. The summed E-state index contributed by atoms with van der Waals surface area (Å²) in [7, 11) is 0. The van der Waals surface area contributed by atoms with Crippen molar-refractivity contribution >= 4 is 22.1 Å². The van der Waals surface area contributed by atoms with Gasteiger partial charge >= 0.3 is 0 Å². The van der Waals surface area contributed by atoms with E-state index in [1.165, 1.54) is 0 Å². The maximum Gasteiger partial charge on any atom is 0.277 e. The normalized spacial score (nSPS) is 21.8. The molecule has 2 atom stereocenters. The van der Waals surface area contributed by atoms with E-state index < -0.39 is 0 Å². The minimum atomic E-state index is -0.355. The lowest BCUT2D eigenvalue weighted by Crippen LogP contribution is -2.04. The van der Waals surface area contributed by atoms with Crippen molar-refractivity contribution < 1.29 is 4.92 Å². The first-order chi connectivity index (χ1) is 8.66. The molecule has 0 aliphatic heterocycles. The first-order valence-corrected chi connectivity index (χ1v) is 5.94. The lowest BCUT2D eigenvalue weighted by atomic mass is 10.1. The van der Waals surface area contributed by atoms with Crippen molar-refractivity contribution in [3.05, 3.63) is 40.7 Å². The van der Waals surface area contributed by atoms with Crippen LogP contribution in [0.5, 0.6) is 0 Å². The number of hydrogen-bond acceptors (Lipinski definition) is 4. The third kappa shape index (κ3) is 1.77. The van der Waals surface area contributed by atoms with E-state index >= 15 is 0 Å². The largest absolute Gasteiger partial charge is 0.381 e. The van der Waals surface area contributed by atoms with Gasteiger partial charge < -0.3 is 5.32 Å². The summed E-state index contributed by atoms with van der Waals surface area (Å²) in [5.41, 5.74) is 1.06. The SMILES string of the molecule is CC1CC1Nc1ccc([N+](=O)[O-])c2ccncc12. The highest BCUT2D eigenvalue weighted by Crippen LogP contribution is 2.36. The van der Waals surface area contributed by atoms with Gasteiger partial charge in [-0.1, -0.05) is 6.92 Å². The molecule has 5 heteroatoms. The van der Waals surface area contributed by atoms with E-state index in [4.69, 9.17) is 0 Å². The molecule has 0 amide bonds. The van der Waals surface area contributed by atoms with Gasteiger partial charge in [-0.3, -0.25) is 15.1 Å². The molecule has 0 spiro atoms. The van der Waals surface area contributed by atoms with Gasteiger partial charge in [0.2, 0.25) is 0 Å². The number of nitro benzene ring substituents is 1. The predicted octanol–water partition coefficient (Wildman–Crippen LogP) is 2.96. The summed E-state index contributed by atoms with van der Waals surface area (Å²) < 4.78 is 0. The maximum atomic E-state index is 11.0. The van der Waals surface area contributed by atoms with Crippen molar-refractivity contribution in [2.75, 3.05) is 5.32 Å². The molecule has 0 radical (unpaired) electrons. The van der Waals surface area contributed by atoms with Crippen LogP contribution in [0.25, 0.3) is 10.8 Å². The standard InChI is InChI=1S/C13H13N3O2/c1-8-6-12(8)15-11-2-3-13(16(17)18)9-4-5-14-7-10(9)11/h2-5,7-8,12,15H,6H2,1H3. The molecular formula is C13H13N3O2. The van der Waals surface area contributed by atoms with E-state index in [2.05, 4.69) is 17.2 Å². The van der Waals surface area contributed by atoms with Crippen molar-refractivity contribution in [2.24, 2.45) is 5.92 Å². The highest BCUT2D eigenvalue weighted by atomic mass is 16.6. The average Bonchev–Trinajstić information content (AvgIpc) is 3.05. The maximum absolute atomic E-state index is 11.0. The fraction of sp³-hybridized carbons (Fsp3) is 0.308. The number of benzene rings is 1. The summed E-state index contributed by atoms with van der Waals surface area (Å²) in [5, 5.41) is 15.8. The molecule has 18 heavy (non-hydrogen) atoms. The summed E-state index contributed by atoms with van der Waals surface area (Å²) in [5.74, 6) is 0.673. The van der Waals surface area contributed by atoms with Gasteiger partial charge in [0.15, 0.2) is 0 Å². The highest BCUT2D eigenvalue weighted by molar-refractivity contribution is 5.99. The number of non-ortho nitro benzene ring substituents is 1.